The number of pyridine rings is 2. The molecule has 0 bridgehead atoms. The second-order valence-electron chi connectivity index (χ2n) is 10.2. The number of aliphatic hydroxyl groups is 1. The van der Waals surface area contributed by atoms with Crippen LogP contribution in [-0.2, 0) is 37.8 Å². The van der Waals surface area contributed by atoms with E-state index < -0.39 is 45.9 Å². The Labute approximate surface area is 216 Å². The Morgan fingerprint density at radius 3 is 2.66 bits per heavy atom. The van der Waals surface area contributed by atoms with E-state index in [1.54, 1.807) is 51.1 Å². The van der Waals surface area contributed by atoms with Gasteiger partial charge in [-0.1, -0.05) is 25.1 Å². The van der Waals surface area contributed by atoms with Gasteiger partial charge in [-0.05, 0) is 44.9 Å². The molecule has 196 valence electrons. The Hall–Kier alpha value is -4.38. The Balaban J connectivity index is 1.82. The molecule has 1 aromatic carbocycles. The monoisotopic (exact) mass is 519 g/mol. The van der Waals surface area contributed by atoms with Gasteiger partial charge in [0.25, 0.3) is 5.56 Å². The summed E-state index contributed by atoms with van der Waals surface area (Å²) in [5.41, 5.74) is -3.18. The summed E-state index contributed by atoms with van der Waals surface area (Å²) in [6.45, 7) is 6.15. The SMILES string of the molecule is CC[C@@]1(O)C(=O)OCc2c1c([N+](=O)[O-])c1n(c2=O)Cc2c-1nc1ccccc1c2/C=C/C(=O)OC(C)(C)C. The molecular formula is C27H25N3O8. The van der Waals surface area contributed by atoms with Crippen LogP contribution >= 0.6 is 0 Å². The van der Waals surface area contributed by atoms with Crippen LogP contribution in [0.25, 0.3) is 28.4 Å². The van der Waals surface area contributed by atoms with Crippen molar-refractivity contribution in [2.75, 3.05) is 0 Å². The summed E-state index contributed by atoms with van der Waals surface area (Å²) in [6.07, 6.45) is 2.58. The molecular weight excluding hydrogens is 494 g/mol. The van der Waals surface area contributed by atoms with Crippen LogP contribution < -0.4 is 5.56 Å². The average Bonchev–Trinajstić information content (AvgIpc) is 3.22. The number of benzene rings is 1. The lowest BCUT2D eigenvalue weighted by molar-refractivity contribution is -0.386. The lowest BCUT2D eigenvalue weighted by Crippen LogP contribution is -2.45. The molecule has 0 radical (unpaired) electrons. The third-order valence-electron chi connectivity index (χ3n) is 6.70. The number of para-hydroxylation sites is 1. The molecule has 1 atom stereocenters. The first kappa shape index (κ1) is 25.3. The molecule has 38 heavy (non-hydrogen) atoms. The van der Waals surface area contributed by atoms with E-state index in [0.29, 0.717) is 22.0 Å². The summed E-state index contributed by atoms with van der Waals surface area (Å²) in [4.78, 5) is 55.0. The van der Waals surface area contributed by atoms with Crippen LogP contribution in [0.3, 0.4) is 0 Å². The zero-order chi connectivity index (χ0) is 27.6. The van der Waals surface area contributed by atoms with Gasteiger partial charge >= 0.3 is 17.6 Å². The molecule has 0 fully saturated rings. The average molecular weight is 520 g/mol. The number of hydrogen-bond acceptors (Lipinski definition) is 9. The van der Waals surface area contributed by atoms with Crippen LogP contribution in [0.1, 0.15) is 56.4 Å². The number of cyclic esters (lactones) is 1. The molecule has 0 saturated heterocycles. The minimum absolute atomic E-state index is 0.0675. The lowest BCUT2D eigenvalue weighted by Gasteiger charge is -2.31. The van der Waals surface area contributed by atoms with Crippen LogP contribution in [0, 0.1) is 10.1 Å². The number of carbonyl (C=O) groups is 2. The number of esters is 2. The molecule has 4 heterocycles. The van der Waals surface area contributed by atoms with Crippen LogP contribution in [0.5, 0.6) is 0 Å². The van der Waals surface area contributed by atoms with E-state index in [2.05, 4.69) is 4.98 Å². The van der Waals surface area contributed by atoms with Gasteiger partial charge in [0.05, 0.1) is 28.1 Å². The topological polar surface area (TPSA) is 151 Å². The minimum atomic E-state index is -2.36. The van der Waals surface area contributed by atoms with Gasteiger partial charge < -0.3 is 14.6 Å². The normalized spacial score (nSPS) is 18.2. The Morgan fingerprint density at radius 2 is 2.00 bits per heavy atom. The zero-order valence-electron chi connectivity index (χ0n) is 21.2. The molecule has 5 rings (SSSR count). The number of nitrogens with zero attached hydrogens (tertiary/aromatic N) is 3. The molecule has 0 amide bonds. The lowest BCUT2D eigenvalue weighted by atomic mass is 9.84. The highest BCUT2D eigenvalue weighted by Gasteiger charge is 2.52. The van der Waals surface area contributed by atoms with Crippen molar-refractivity contribution in [2.45, 2.75) is 58.5 Å². The molecule has 0 unspecified atom stereocenters. The first-order chi connectivity index (χ1) is 17.9. The fourth-order valence-corrected chi connectivity index (χ4v) is 5.06. The summed E-state index contributed by atoms with van der Waals surface area (Å²) in [7, 11) is 0. The summed E-state index contributed by atoms with van der Waals surface area (Å²) in [6, 6.07) is 7.05. The molecule has 1 N–H and O–H groups in total. The summed E-state index contributed by atoms with van der Waals surface area (Å²) in [5.74, 6) is -1.63. The second kappa shape index (κ2) is 8.59. The molecule has 0 aliphatic carbocycles. The predicted molar refractivity (Wildman–Crippen MR) is 136 cm³/mol. The van der Waals surface area contributed by atoms with E-state index in [9.17, 15) is 29.6 Å². The molecule has 11 nitrogen and oxygen atoms in total. The highest BCUT2D eigenvalue weighted by Crippen LogP contribution is 2.47. The fraction of sp³-hybridized carbons (Fsp3) is 0.333. The Kier molecular flexibility index (Phi) is 5.71. The van der Waals surface area contributed by atoms with Gasteiger partial charge in [0.1, 0.15) is 23.6 Å². The first-order valence-corrected chi connectivity index (χ1v) is 12.0. The molecule has 2 aliphatic rings. The number of aromatic nitrogens is 2. The number of carbonyl (C=O) groups excluding carboxylic acids is 2. The standard InChI is InChI=1S/C27H25N3O8/c1-5-27(34)20-17(13-37-25(27)33)24(32)29-12-16-14(10-11-19(31)38-26(2,3)4)15-8-6-7-9-18(15)28-21(16)23(29)22(20)30(35)36/h6-11,34H,5,12-13H2,1-4H3/b11-10+/t27-/m0/s1. The van der Waals surface area contributed by atoms with E-state index >= 15 is 0 Å². The maximum absolute atomic E-state index is 13.6. The first-order valence-electron chi connectivity index (χ1n) is 12.0. The van der Waals surface area contributed by atoms with Crippen LogP contribution in [-0.4, -0.2) is 37.1 Å². The molecule has 2 aliphatic heterocycles. The van der Waals surface area contributed by atoms with Gasteiger partial charge in [0.2, 0.25) is 0 Å². The maximum Gasteiger partial charge on any atom is 0.343 e. The van der Waals surface area contributed by atoms with Crippen LogP contribution in [0.2, 0.25) is 0 Å². The van der Waals surface area contributed by atoms with Crippen molar-refractivity contribution in [3.05, 3.63) is 73.1 Å². The maximum atomic E-state index is 13.6. The van der Waals surface area contributed by atoms with Crippen molar-refractivity contribution in [1.29, 1.82) is 0 Å². The number of nitro groups is 1. The van der Waals surface area contributed by atoms with Crippen molar-refractivity contribution < 1.29 is 29.1 Å². The minimum Gasteiger partial charge on any atom is -0.458 e. The van der Waals surface area contributed by atoms with Gasteiger partial charge in [0.15, 0.2) is 5.60 Å². The summed E-state index contributed by atoms with van der Waals surface area (Å²) in [5, 5.41) is 24.3. The van der Waals surface area contributed by atoms with E-state index in [1.807, 2.05) is 0 Å². The van der Waals surface area contributed by atoms with Crippen molar-refractivity contribution >= 4 is 34.6 Å². The van der Waals surface area contributed by atoms with Crippen LogP contribution in [0.4, 0.5) is 5.69 Å². The zero-order valence-corrected chi connectivity index (χ0v) is 21.2. The highest BCUT2D eigenvalue weighted by atomic mass is 16.6. The third kappa shape index (κ3) is 3.77. The van der Waals surface area contributed by atoms with E-state index in [-0.39, 0.29) is 35.5 Å². The Bertz CT molecular complexity index is 1650. The van der Waals surface area contributed by atoms with Crippen LogP contribution in [0.15, 0.2) is 35.1 Å². The second-order valence-corrected chi connectivity index (χ2v) is 10.2. The summed E-state index contributed by atoms with van der Waals surface area (Å²) >= 11 is 0. The quantitative estimate of drug-likeness (QED) is 0.185. The van der Waals surface area contributed by atoms with Crippen molar-refractivity contribution in [3.8, 4) is 11.4 Å². The fourth-order valence-electron chi connectivity index (χ4n) is 5.06. The number of ether oxygens (including phenoxy) is 2. The largest absolute Gasteiger partial charge is 0.458 e. The van der Waals surface area contributed by atoms with Gasteiger partial charge in [-0.25, -0.2) is 14.6 Å². The smallest absolute Gasteiger partial charge is 0.343 e. The van der Waals surface area contributed by atoms with Gasteiger partial charge in [-0.2, -0.15) is 0 Å². The van der Waals surface area contributed by atoms with E-state index in [0.717, 1.165) is 0 Å². The number of fused-ring (bicyclic) bond motifs is 5. The van der Waals surface area contributed by atoms with Crippen molar-refractivity contribution in [1.82, 2.24) is 9.55 Å². The molecule has 11 heteroatoms. The highest BCUT2D eigenvalue weighted by molar-refractivity contribution is 5.98. The number of hydrogen-bond donors (Lipinski definition) is 1. The molecule has 0 saturated carbocycles. The summed E-state index contributed by atoms with van der Waals surface area (Å²) < 4.78 is 11.6. The third-order valence-corrected chi connectivity index (χ3v) is 6.70. The molecule has 0 spiro atoms. The number of rotatable bonds is 4. The Morgan fingerprint density at radius 1 is 1.29 bits per heavy atom. The molecule has 3 aromatic rings. The van der Waals surface area contributed by atoms with Crippen molar-refractivity contribution in [3.63, 3.8) is 0 Å². The van der Waals surface area contributed by atoms with E-state index in [1.165, 1.54) is 17.6 Å². The van der Waals surface area contributed by atoms with E-state index in [4.69, 9.17) is 9.47 Å². The van der Waals surface area contributed by atoms with Crippen molar-refractivity contribution in [2.24, 2.45) is 0 Å². The van der Waals surface area contributed by atoms with Gasteiger partial charge in [-0.3, -0.25) is 19.5 Å². The molecule has 2 aromatic heterocycles. The van der Waals surface area contributed by atoms with Gasteiger partial charge in [0, 0.05) is 17.0 Å². The van der Waals surface area contributed by atoms with Gasteiger partial charge in [-0.15, -0.1) is 0 Å². The predicted octanol–water partition coefficient (Wildman–Crippen LogP) is 3.34.